The number of hydrogen-bond acceptors (Lipinski definition) is 4. The van der Waals surface area contributed by atoms with E-state index in [1.807, 2.05) is 6.92 Å². The lowest BCUT2D eigenvalue weighted by molar-refractivity contribution is -0.134. The molecule has 116 valence electrons. The van der Waals surface area contributed by atoms with Crippen molar-refractivity contribution < 1.29 is 14.3 Å². The van der Waals surface area contributed by atoms with Gasteiger partial charge in [-0.25, -0.2) is 4.79 Å². The summed E-state index contributed by atoms with van der Waals surface area (Å²) in [6.45, 7) is 10.4. The third-order valence-corrected chi connectivity index (χ3v) is 3.00. The van der Waals surface area contributed by atoms with E-state index < -0.39 is 17.7 Å². The summed E-state index contributed by atoms with van der Waals surface area (Å²) in [5.74, 6) is -0.0146. The number of rotatable bonds is 4. The molecule has 0 radical (unpaired) electrons. The number of ether oxygens (including phenoxy) is 1. The molecule has 1 aliphatic heterocycles. The van der Waals surface area contributed by atoms with Crippen LogP contribution in [0.15, 0.2) is 0 Å². The molecule has 6 heteroatoms. The molecule has 1 heterocycles. The van der Waals surface area contributed by atoms with Crippen LogP contribution in [0.3, 0.4) is 0 Å². The van der Waals surface area contributed by atoms with Gasteiger partial charge in [-0.1, -0.05) is 13.3 Å². The van der Waals surface area contributed by atoms with E-state index in [0.29, 0.717) is 19.5 Å². The average molecular weight is 285 g/mol. The molecule has 1 rings (SSSR count). The normalized spacial score (nSPS) is 17.5. The van der Waals surface area contributed by atoms with Gasteiger partial charge in [0.05, 0.1) is 0 Å². The van der Waals surface area contributed by atoms with Gasteiger partial charge >= 0.3 is 6.09 Å². The molecule has 20 heavy (non-hydrogen) atoms. The van der Waals surface area contributed by atoms with Gasteiger partial charge in [0.15, 0.2) is 0 Å². The number of piperazine rings is 1. The van der Waals surface area contributed by atoms with Gasteiger partial charge in [-0.05, 0) is 27.2 Å². The molecule has 1 fully saturated rings. The van der Waals surface area contributed by atoms with E-state index in [4.69, 9.17) is 4.74 Å². The van der Waals surface area contributed by atoms with Crippen LogP contribution < -0.4 is 10.6 Å². The molecule has 6 nitrogen and oxygen atoms in total. The van der Waals surface area contributed by atoms with Gasteiger partial charge in [-0.2, -0.15) is 0 Å². The Morgan fingerprint density at radius 1 is 1.30 bits per heavy atom. The van der Waals surface area contributed by atoms with Crippen molar-refractivity contribution in [1.29, 1.82) is 0 Å². The van der Waals surface area contributed by atoms with E-state index in [0.717, 1.165) is 19.5 Å². The maximum absolute atomic E-state index is 12.4. The lowest BCUT2D eigenvalue weighted by atomic mass is 10.1. The minimum Gasteiger partial charge on any atom is -0.444 e. The van der Waals surface area contributed by atoms with Gasteiger partial charge in [0.2, 0.25) is 5.91 Å². The second kappa shape index (κ2) is 7.47. The molecule has 0 bridgehead atoms. The molecule has 0 aromatic carbocycles. The van der Waals surface area contributed by atoms with E-state index in [-0.39, 0.29) is 5.91 Å². The number of alkyl carbamates (subject to hydrolysis) is 1. The summed E-state index contributed by atoms with van der Waals surface area (Å²) in [6, 6.07) is -0.493. The minimum absolute atomic E-state index is 0.0146. The van der Waals surface area contributed by atoms with Crippen molar-refractivity contribution in [3.05, 3.63) is 0 Å². The smallest absolute Gasteiger partial charge is 0.408 e. The maximum atomic E-state index is 12.4. The van der Waals surface area contributed by atoms with Crippen LogP contribution in [0.4, 0.5) is 4.79 Å². The van der Waals surface area contributed by atoms with E-state index in [1.165, 1.54) is 0 Å². The SMILES string of the molecule is CCCC(NC(=O)OC(C)(C)C)C(=O)N1CCNCC1. The summed E-state index contributed by atoms with van der Waals surface area (Å²) in [7, 11) is 0. The van der Waals surface area contributed by atoms with Crippen LogP contribution in [-0.2, 0) is 9.53 Å². The van der Waals surface area contributed by atoms with Crippen molar-refractivity contribution in [1.82, 2.24) is 15.5 Å². The number of hydrogen-bond donors (Lipinski definition) is 2. The molecule has 0 saturated carbocycles. The molecule has 2 N–H and O–H groups in total. The Bertz CT molecular complexity index is 333. The number of carbonyl (C=O) groups is 2. The molecule has 1 saturated heterocycles. The zero-order valence-electron chi connectivity index (χ0n) is 13.0. The number of nitrogens with one attached hydrogen (secondary N) is 2. The van der Waals surface area contributed by atoms with Gasteiger partial charge in [-0.15, -0.1) is 0 Å². The van der Waals surface area contributed by atoms with Crippen LogP contribution in [0.2, 0.25) is 0 Å². The number of carbonyl (C=O) groups excluding carboxylic acids is 2. The lowest BCUT2D eigenvalue weighted by Crippen LogP contribution is -2.54. The Hall–Kier alpha value is -1.30. The molecule has 1 unspecified atom stereocenters. The third-order valence-electron chi connectivity index (χ3n) is 3.00. The zero-order valence-corrected chi connectivity index (χ0v) is 13.0. The highest BCUT2D eigenvalue weighted by Crippen LogP contribution is 2.09. The standard InChI is InChI=1S/C14H27N3O3/c1-5-6-11(16-13(19)20-14(2,3)4)12(18)17-9-7-15-8-10-17/h11,15H,5-10H2,1-4H3,(H,16,19). The van der Waals surface area contributed by atoms with Crippen molar-refractivity contribution in [2.24, 2.45) is 0 Å². The first kappa shape index (κ1) is 16.8. The van der Waals surface area contributed by atoms with E-state index in [1.54, 1.807) is 25.7 Å². The highest BCUT2D eigenvalue weighted by molar-refractivity contribution is 5.85. The summed E-state index contributed by atoms with van der Waals surface area (Å²) in [5.41, 5.74) is -0.557. The summed E-state index contributed by atoms with van der Waals surface area (Å²) in [6.07, 6.45) is 0.930. The predicted octanol–water partition coefficient (Wildman–Crippen LogP) is 1.11. The highest BCUT2D eigenvalue weighted by atomic mass is 16.6. The van der Waals surface area contributed by atoms with E-state index in [9.17, 15) is 9.59 Å². The van der Waals surface area contributed by atoms with Crippen molar-refractivity contribution >= 4 is 12.0 Å². The lowest BCUT2D eigenvalue weighted by Gasteiger charge is -2.31. The topological polar surface area (TPSA) is 70.7 Å². The fraction of sp³-hybridized carbons (Fsp3) is 0.857. The van der Waals surface area contributed by atoms with Crippen molar-refractivity contribution in [3.63, 3.8) is 0 Å². The van der Waals surface area contributed by atoms with Crippen molar-refractivity contribution in [3.8, 4) is 0 Å². The molecule has 0 aromatic rings. The molecular formula is C14H27N3O3. The molecule has 1 aliphatic rings. The predicted molar refractivity (Wildman–Crippen MR) is 77.5 cm³/mol. The number of amides is 2. The van der Waals surface area contributed by atoms with Gasteiger partial charge in [0.25, 0.3) is 0 Å². The Morgan fingerprint density at radius 3 is 2.40 bits per heavy atom. The second-order valence-electron chi connectivity index (χ2n) is 6.06. The minimum atomic E-state index is -0.557. The summed E-state index contributed by atoms with van der Waals surface area (Å²) in [4.78, 5) is 26.0. The first-order valence-corrected chi connectivity index (χ1v) is 7.32. The Balaban J connectivity index is 2.58. The summed E-state index contributed by atoms with van der Waals surface area (Å²) in [5, 5.41) is 5.91. The third kappa shape index (κ3) is 5.77. The van der Waals surface area contributed by atoms with Crippen LogP contribution in [0.1, 0.15) is 40.5 Å². The largest absolute Gasteiger partial charge is 0.444 e. The molecular weight excluding hydrogens is 258 g/mol. The summed E-state index contributed by atoms with van der Waals surface area (Å²) >= 11 is 0. The van der Waals surface area contributed by atoms with Gasteiger partial charge < -0.3 is 20.3 Å². The Kier molecular flexibility index (Phi) is 6.26. The maximum Gasteiger partial charge on any atom is 0.408 e. The summed E-state index contributed by atoms with van der Waals surface area (Å²) < 4.78 is 5.22. The zero-order chi connectivity index (χ0) is 15.2. The van der Waals surface area contributed by atoms with Crippen LogP contribution in [0, 0.1) is 0 Å². The Morgan fingerprint density at radius 2 is 1.90 bits per heavy atom. The van der Waals surface area contributed by atoms with Gasteiger partial charge in [0.1, 0.15) is 11.6 Å². The average Bonchev–Trinajstić information content (AvgIpc) is 2.36. The molecule has 1 atom stereocenters. The fourth-order valence-electron chi connectivity index (χ4n) is 2.10. The molecule has 0 aliphatic carbocycles. The van der Waals surface area contributed by atoms with E-state index >= 15 is 0 Å². The second-order valence-corrected chi connectivity index (χ2v) is 6.06. The number of nitrogens with zero attached hydrogens (tertiary/aromatic N) is 1. The molecule has 0 aromatic heterocycles. The first-order valence-electron chi connectivity index (χ1n) is 7.32. The van der Waals surface area contributed by atoms with Crippen LogP contribution >= 0.6 is 0 Å². The quantitative estimate of drug-likeness (QED) is 0.812. The van der Waals surface area contributed by atoms with Crippen LogP contribution in [-0.4, -0.2) is 54.7 Å². The van der Waals surface area contributed by atoms with E-state index in [2.05, 4.69) is 10.6 Å². The molecule has 2 amide bonds. The van der Waals surface area contributed by atoms with Gasteiger partial charge in [-0.3, -0.25) is 4.79 Å². The fourth-order valence-corrected chi connectivity index (χ4v) is 2.10. The highest BCUT2D eigenvalue weighted by Gasteiger charge is 2.27. The monoisotopic (exact) mass is 285 g/mol. The van der Waals surface area contributed by atoms with Gasteiger partial charge in [0, 0.05) is 26.2 Å². The Labute approximate surface area is 121 Å². The molecule has 0 spiro atoms. The van der Waals surface area contributed by atoms with Crippen LogP contribution in [0.5, 0.6) is 0 Å². The van der Waals surface area contributed by atoms with Crippen LogP contribution in [0.25, 0.3) is 0 Å². The van der Waals surface area contributed by atoms with Crippen molar-refractivity contribution in [2.45, 2.75) is 52.2 Å². The first-order chi connectivity index (χ1) is 9.33. The van der Waals surface area contributed by atoms with Crippen molar-refractivity contribution in [2.75, 3.05) is 26.2 Å².